The number of nitrogens with zero attached hydrogens (tertiary/aromatic N) is 6. The summed E-state index contributed by atoms with van der Waals surface area (Å²) in [5.41, 5.74) is 8.15. The van der Waals surface area contributed by atoms with Crippen LogP contribution >= 0.6 is 22.7 Å². The molecule has 0 spiro atoms. The van der Waals surface area contributed by atoms with Crippen LogP contribution in [0, 0.1) is 0 Å². The fourth-order valence-electron chi connectivity index (χ4n) is 5.19. The van der Waals surface area contributed by atoms with Crippen molar-refractivity contribution in [3.8, 4) is 22.9 Å². The van der Waals surface area contributed by atoms with E-state index in [9.17, 15) is 0 Å². The quantitative estimate of drug-likeness (QED) is 0.240. The molecule has 0 saturated heterocycles. The molecular weight excluding hydrogens is 500 g/mol. The standard InChI is InChI=1S/C28H14N6OS2/c1-3-11-19-17(9-1)29-27-33(19)21-13-5-7-15(23(21)36-27)25-31-32-26(35-25)16-8-6-14-22-24(16)37-28-30-18-10-2-4-12-20(18)34(22)28/h1-14H. The summed E-state index contributed by atoms with van der Waals surface area (Å²) in [5.74, 6) is 0.997. The van der Waals surface area contributed by atoms with Crippen LogP contribution in [0.3, 0.4) is 0 Å². The summed E-state index contributed by atoms with van der Waals surface area (Å²) in [6, 6.07) is 28.7. The van der Waals surface area contributed by atoms with Gasteiger partial charge in [-0.3, -0.25) is 8.80 Å². The Morgan fingerprint density at radius 3 is 1.49 bits per heavy atom. The second kappa shape index (κ2) is 7.00. The van der Waals surface area contributed by atoms with Crippen LogP contribution in [0.5, 0.6) is 0 Å². The highest BCUT2D eigenvalue weighted by Crippen LogP contribution is 2.40. The van der Waals surface area contributed by atoms with Gasteiger partial charge in [-0.1, -0.05) is 59.1 Å². The van der Waals surface area contributed by atoms with E-state index in [0.717, 1.165) is 63.5 Å². The summed E-state index contributed by atoms with van der Waals surface area (Å²) in [4.78, 5) is 11.5. The maximum atomic E-state index is 6.32. The van der Waals surface area contributed by atoms with Crippen molar-refractivity contribution in [2.24, 2.45) is 0 Å². The molecule has 174 valence electrons. The molecular formula is C28H14N6OS2. The van der Waals surface area contributed by atoms with Gasteiger partial charge in [0.25, 0.3) is 0 Å². The minimum Gasteiger partial charge on any atom is -0.416 e. The summed E-state index contributed by atoms with van der Waals surface area (Å²) >= 11 is 3.27. The Morgan fingerprint density at radius 2 is 0.973 bits per heavy atom. The van der Waals surface area contributed by atoms with Crippen molar-refractivity contribution in [3.05, 3.63) is 84.9 Å². The van der Waals surface area contributed by atoms with Crippen LogP contribution in [0.15, 0.2) is 89.3 Å². The van der Waals surface area contributed by atoms with Gasteiger partial charge in [-0.15, -0.1) is 10.2 Å². The average molecular weight is 515 g/mol. The number of thiazole rings is 2. The molecule has 9 aromatic rings. The van der Waals surface area contributed by atoms with Crippen molar-refractivity contribution in [1.82, 2.24) is 29.0 Å². The van der Waals surface area contributed by atoms with Crippen LogP contribution in [-0.4, -0.2) is 29.0 Å². The highest BCUT2D eigenvalue weighted by atomic mass is 32.1. The van der Waals surface area contributed by atoms with Crippen molar-refractivity contribution in [2.75, 3.05) is 0 Å². The Kier molecular flexibility index (Phi) is 3.70. The lowest BCUT2D eigenvalue weighted by atomic mass is 10.2. The Labute approximate surface area is 215 Å². The Balaban J connectivity index is 1.23. The van der Waals surface area contributed by atoms with Gasteiger partial charge in [-0.2, -0.15) is 0 Å². The van der Waals surface area contributed by atoms with Gasteiger partial charge < -0.3 is 4.42 Å². The molecule has 5 aromatic heterocycles. The zero-order chi connectivity index (χ0) is 24.1. The van der Waals surface area contributed by atoms with Gasteiger partial charge in [0.1, 0.15) is 0 Å². The van der Waals surface area contributed by atoms with E-state index >= 15 is 0 Å². The van der Waals surface area contributed by atoms with E-state index in [2.05, 4.69) is 43.3 Å². The second-order valence-electron chi connectivity index (χ2n) is 8.86. The van der Waals surface area contributed by atoms with E-state index in [1.54, 1.807) is 22.7 Å². The van der Waals surface area contributed by atoms with Gasteiger partial charge in [0.05, 0.1) is 53.6 Å². The smallest absolute Gasteiger partial charge is 0.249 e. The number of imidazole rings is 2. The predicted octanol–water partition coefficient (Wildman–Crippen LogP) is 7.43. The minimum atomic E-state index is 0.498. The van der Waals surface area contributed by atoms with E-state index in [0.29, 0.717) is 11.8 Å². The molecule has 0 aliphatic heterocycles. The summed E-state index contributed by atoms with van der Waals surface area (Å²) in [5, 5.41) is 8.94. The number of benzene rings is 4. The molecule has 9 rings (SSSR count). The first-order chi connectivity index (χ1) is 18.3. The predicted molar refractivity (Wildman–Crippen MR) is 148 cm³/mol. The van der Waals surface area contributed by atoms with Crippen LogP contribution in [0.1, 0.15) is 0 Å². The second-order valence-corrected chi connectivity index (χ2v) is 10.8. The van der Waals surface area contributed by atoms with Gasteiger partial charge in [-0.05, 0) is 48.5 Å². The van der Waals surface area contributed by atoms with Crippen molar-refractivity contribution in [1.29, 1.82) is 0 Å². The molecule has 5 heterocycles. The van der Waals surface area contributed by atoms with Crippen molar-refractivity contribution in [3.63, 3.8) is 0 Å². The first-order valence-electron chi connectivity index (χ1n) is 11.8. The lowest BCUT2D eigenvalue weighted by Crippen LogP contribution is -1.82. The fourth-order valence-corrected chi connectivity index (χ4v) is 7.47. The molecule has 0 fully saturated rings. The maximum absolute atomic E-state index is 6.32. The zero-order valence-corrected chi connectivity index (χ0v) is 20.6. The van der Waals surface area contributed by atoms with Gasteiger partial charge in [0.15, 0.2) is 9.92 Å². The monoisotopic (exact) mass is 514 g/mol. The van der Waals surface area contributed by atoms with Crippen molar-refractivity contribution < 1.29 is 4.42 Å². The molecule has 0 atom stereocenters. The molecule has 0 bridgehead atoms. The largest absolute Gasteiger partial charge is 0.416 e. The number of fused-ring (bicyclic) bond motifs is 10. The molecule has 4 aromatic carbocycles. The molecule has 0 aliphatic rings. The normalized spacial score (nSPS) is 12.3. The first-order valence-corrected chi connectivity index (χ1v) is 13.4. The van der Waals surface area contributed by atoms with E-state index in [1.807, 2.05) is 60.7 Å². The van der Waals surface area contributed by atoms with Crippen LogP contribution in [0.2, 0.25) is 0 Å². The number of aromatic nitrogens is 6. The SMILES string of the molecule is c1ccc2c(c1)nc1sc3c(-c4nnc(-c5cccc6c5sc5nc7ccccc7n56)o4)cccc3n12. The third-order valence-corrected chi connectivity index (χ3v) is 8.98. The highest BCUT2D eigenvalue weighted by Gasteiger charge is 2.21. The van der Waals surface area contributed by atoms with Gasteiger partial charge in [0, 0.05) is 0 Å². The molecule has 0 amide bonds. The van der Waals surface area contributed by atoms with Gasteiger partial charge in [-0.25, -0.2) is 9.97 Å². The first kappa shape index (κ1) is 19.6. The van der Waals surface area contributed by atoms with Crippen LogP contribution < -0.4 is 0 Å². The third kappa shape index (κ3) is 2.59. The summed E-state index contributed by atoms with van der Waals surface area (Å²) in [7, 11) is 0. The molecule has 9 heteroatoms. The number of rotatable bonds is 2. The topological polar surface area (TPSA) is 73.5 Å². The Hall–Kier alpha value is -4.60. The summed E-state index contributed by atoms with van der Waals surface area (Å²) in [6.07, 6.45) is 0. The average Bonchev–Trinajstić information content (AvgIpc) is 3.73. The van der Waals surface area contributed by atoms with E-state index < -0.39 is 0 Å². The molecule has 0 unspecified atom stereocenters. The lowest BCUT2D eigenvalue weighted by molar-refractivity contribution is 0.586. The Bertz CT molecular complexity index is 2170. The molecule has 7 nitrogen and oxygen atoms in total. The summed E-state index contributed by atoms with van der Waals surface area (Å²) < 4.78 is 12.9. The minimum absolute atomic E-state index is 0.498. The third-order valence-electron chi connectivity index (χ3n) is 6.80. The molecule has 0 N–H and O–H groups in total. The van der Waals surface area contributed by atoms with Gasteiger partial charge in [0.2, 0.25) is 11.8 Å². The van der Waals surface area contributed by atoms with Crippen LogP contribution in [-0.2, 0) is 0 Å². The van der Waals surface area contributed by atoms with Crippen LogP contribution in [0.4, 0.5) is 0 Å². The fraction of sp³-hybridized carbons (Fsp3) is 0. The van der Waals surface area contributed by atoms with E-state index in [1.165, 1.54) is 0 Å². The van der Waals surface area contributed by atoms with E-state index in [4.69, 9.17) is 14.4 Å². The highest BCUT2D eigenvalue weighted by molar-refractivity contribution is 7.24. The van der Waals surface area contributed by atoms with Crippen molar-refractivity contribution >= 4 is 75.1 Å². The van der Waals surface area contributed by atoms with Crippen molar-refractivity contribution in [2.45, 2.75) is 0 Å². The molecule has 0 saturated carbocycles. The Morgan fingerprint density at radius 1 is 0.514 bits per heavy atom. The molecule has 0 aliphatic carbocycles. The molecule has 37 heavy (non-hydrogen) atoms. The lowest BCUT2D eigenvalue weighted by Gasteiger charge is -2.00. The van der Waals surface area contributed by atoms with Crippen LogP contribution in [0.25, 0.3) is 75.3 Å². The number of hydrogen-bond donors (Lipinski definition) is 0. The number of hydrogen-bond acceptors (Lipinski definition) is 7. The zero-order valence-electron chi connectivity index (χ0n) is 19.0. The summed E-state index contributed by atoms with van der Waals surface area (Å²) in [6.45, 7) is 0. The number of para-hydroxylation sites is 4. The van der Waals surface area contributed by atoms with E-state index in [-0.39, 0.29) is 0 Å². The van der Waals surface area contributed by atoms with Gasteiger partial charge >= 0.3 is 0 Å². The molecule has 0 radical (unpaired) electrons. The maximum Gasteiger partial charge on any atom is 0.249 e.